The number of benzene rings is 1. The van der Waals surface area contributed by atoms with Gasteiger partial charge in [0.25, 0.3) is 5.56 Å². The highest BCUT2D eigenvalue weighted by molar-refractivity contribution is 5.70. The average Bonchev–Trinajstić information content (AvgIpc) is 3.34. The van der Waals surface area contributed by atoms with Gasteiger partial charge in [-0.25, -0.2) is 9.78 Å². The van der Waals surface area contributed by atoms with Crippen LogP contribution in [0.4, 0.5) is 0 Å². The highest BCUT2D eigenvalue weighted by Gasteiger charge is 2.18. The Balaban J connectivity index is 1.92. The number of fused-ring (bicyclic) bond motifs is 1. The first-order chi connectivity index (χ1) is 13.2. The van der Waals surface area contributed by atoms with E-state index in [1.54, 1.807) is 27.8 Å². The van der Waals surface area contributed by atoms with Crippen LogP contribution in [0.1, 0.15) is 24.7 Å². The Bertz CT molecular complexity index is 1170. The molecule has 27 heavy (non-hydrogen) atoms. The van der Waals surface area contributed by atoms with Gasteiger partial charge in [0.05, 0.1) is 25.7 Å². The smallest absolute Gasteiger partial charge is 0.333 e. The summed E-state index contributed by atoms with van der Waals surface area (Å²) in [5.74, 6) is 0.719. The molecule has 3 heterocycles. The highest BCUT2D eigenvalue weighted by Crippen LogP contribution is 2.12. The minimum Gasteiger partial charge on any atom is -0.467 e. The maximum absolute atomic E-state index is 13.0. The summed E-state index contributed by atoms with van der Waals surface area (Å²) in [4.78, 5) is 30.4. The van der Waals surface area contributed by atoms with E-state index in [-0.39, 0.29) is 11.2 Å². The number of hydrogen-bond donors (Lipinski definition) is 0. The minimum atomic E-state index is -0.332. The third-order valence-electron chi connectivity index (χ3n) is 4.52. The molecule has 7 heteroatoms. The predicted molar refractivity (Wildman–Crippen MR) is 102 cm³/mol. The fraction of sp³-hybridized carbons (Fsp3) is 0.250. The molecule has 0 aliphatic heterocycles. The molecule has 0 saturated carbocycles. The first-order valence-electron chi connectivity index (χ1n) is 8.94. The molecule has 0 spiro atoms. The van der Waals surface area contributed by atoms with Crippen LogP contribution >= 0.6 is 0 Å². The van der Waals surface area contributed by atoms with Crippen LogP contribution in [0.15, 0.2) is 69.1 Å². The lowest BCUT2D eigenvalue weighted by molar-refractivity contribution is 0.495. The number of aromatic nitrogens is 4. The van der Waals surface area contributed by atoms with Gasteiger partial charge in [-0.1, -0.05) is 37.3 Å². The Hall–Kier alpha value is -3.35. The Kier molecular flexibility index (Phi) is 4.50. The number of imidazole rings is 1. The van der Waals surface area contributed by atoms with Gasteiger partial charge in [0.1, 0.15) is 5.76 Å². The fourth-order valence-corrected chi connectivity index (χ4v) is 3.26. The normalized spacial score (nSPS) is 11.3. The van der Waals surface area contributed by atoms with Gasteiger partial charge < -0.3 is 8.98 Å². The van der Waals surface area contributed by atoms with Crippen LogP contribution in [0, 0.1) is 0 Å². The first-order valence-corrected chi connectivity index (χ1v) is 8.94. The van der Waals surface area contributed by atoms with E-state index in [2.05, 4.69) is 4.98 Å². The van der Waals surface area contributed by atoms with Gasteiger partial charge in [-0.3, -0.25) is 13.9 Å². The van der Waals surface area contributed by atoms with Gasteiger partial charge in [0, 0.05) is 6.54 Å². The van der Waals surface area contributed by atoms with E-state index in [0.717, 1.165) is 11.3 Å². The molecular weight excluding hydrogens is 344 g/mol. The standard InChI is InChI=1S/C20H20N4O3/c1-2-10-23-19(25)17-18(21-14-22(17)13-16-9-6-11-27-16)24(20(23)26)12-15-7-4-3-5-8-15/h3-9,11,14H,2,10,12-13H2,1H3. The van der Waals surface area contributed by atoms with E-state index in [4.69, 9.17) is 4.42 Å². The third kappa shape index (κ3) is 3.12. The monoisotopic (exact) mass is 364 g/mol. The van der Waals surface area contributed by atoms with E-state index < -0.39 is 0 Å². The van der Waals surface area contributed by atoms with Crippen LogP contribution < -0.4 is 11.2 Å². The fourth-order valence-electron chi connectivity index (χ4n) is 3.26. The topological polar surface area (TPSA) is 75.0 Å². The summed E-state index contributed by atoms with van der Waals surface area (Å²) in [5.41, 5.74) is 1.14. The van der Waals surface area contributed by atoms with Crippen molar-refractivity contribution in [3.63, 3.8) is 0 Å². The average molecular weight is 364 g/mol. The lowest BCUT2D eigenvalue weighted by Gasteiger charge is -2.12. The molecule has 0 atom stereocenters. The van der Waals surface area contributed by atoms with E-state index in [9.17, 15) is 9.59 Å². The van der Waals surface area contributed by atoms with Gasteiger partial charge in [0.2, 0.25) is 0 Å². The van der Waals surface area contributed by atoms with Gasteiger partial charge in [0.15, 0.2) is 11.2 Å². The summed E-state index contributed by atoms with van der Waals surface area (Å²) >= 11 is 0. The molecule has 3 aromatic heterocycles. The van der Waals surface area contributed by atoms with Crippen molar-refractivity contribution >= 4 is 11.2 Å². The first kappa shape index (κ1) is 17.1. The zero-order valence-corrected chi connectivity index (χ0v) is 15.0. The number of rotatable bonds is 6. The molecule has 4 aromatic rings. The largest absolute Gasteiger partial charge is 0.467 e. The number of hydrogen-bond acceptors (Lipinski definition) is 4. The molecule has 4 rings (SSSR count). The van der Waals surface area contributed by atoms with Gasteiger partial charge >= 0.3 is 5.69 Å². The summed E-state index contributed by atoms with van der Waals surface area (Å²) in [6, 6.07) is 13.3. The lowest BCUT2D eigenvalue weighted by Crippen LogP contribution is -2.40. The Labute approximate surface area is 155 Å². The summed E-state index contributed by atoms with van der Waals surface area (Å²) < 4.78 is 10.0. The van der Waals surface area contributed by atoms with Crippen LogP contribution in [0.5, 0.6) is 0 Å². The minimum absolute atomic E-state index is 0.315. The summed E-state index contributed by atoms with van der Waals surface area (Å²) in [6.45, 7) is 3.05. The van der Waals surface area contributed by atoms with Crippen molar-refractivity contribution in [3.8, 4) is 0 Å². The molecule has 0 amide bonds. The molecule has 1 aromatic carbocycles. The van der Waals surface area contributed by atoms with E-state index in [1.165, 1.54) is 4.57 Å². The second kappa shape index (κ2) is 7.11. The maximum Gasteiger partial charge on any atom is 0.333 e. The van der Waals surface area contributed by atoms with E-state index in [1.807, 2.05) is 43.3 Å². The molecule has 0 saturated heterocycles. The van der Waals surface area contributed by atoms with Crippen LogP contribution in [-0.2, 0) is 19.6 Å². The lowest BCUT2D eigenvalue weighted by atomic mass is 10.2. The molecule has 0 bridgehead atoms. The van der Waals surface area contributed by atoms with Crippen molar-refractivity contribution in [2.45, 2.75) is 33.0 Å². The Morgan fingerprint density at radius 1 is 1.00 bits per heavy atom. The zero-order chi connectivity index (χ0) is 18.8. The molecule has 0 fully saturated rings. The quantitative estimate of drug-likeness (QED) is 0.527. The van der Waals surface area contributed by atoms with Crippen LogP contribution in [0.25, 0.3) is 11.2 Å². The summed E-state index contributed by atoms with van der Waals surface area (Å²) in [6.07, 6.45) is 3.87. The predicted octanol–water partition coefficient (Wildman–Crippen LogP) is 2.46. The highest BCUT2D eigenvalue weighted by atomic mass is 16.3. The number of furan rings is 1. The van der Waals surface area contributed by atoms with Crippen molar-refractivity contribution in [2.24, 2.45) is 0 Å². The Morgan fingerprint density at radius 2 is 1.81 bits per heavy atom. The summed E-state index contributed by atoms with van der Waals surface area (Å²) in [7, 11) is 0. The SMILES string of the molecule is CCCn1c(=O)c2c(ncn2Cc2ccco2)n(Cc2ccccc2)c1=O. The second-order valence-corrected chi connectivity index (χ2v) is 6.44. The van der Waals surface area contributed by atoms with Crippen LogP contribution in [0.3, 0.4) is 0 Å². The van der Waals surface area contributed by atoms with Gasteiger partial charge in [-0.2, -0.15) is 0 Å². The van der Waals surface area contributed by atoms with Gasteiger partial charge in [-0.05, 0) is 24.1 Å². The van der Waals surface area contributed by atoms with Crippen molar-refractivity contribution in [3.05, 3.63) is 87.2 Å². The van der Waals surface area contributed by atoms with Crippen molar-refractivity contribution < 1.29 is 4.42 Å². The molecular formula is C20H20N4O3. The zero-order valence-electron chi connectivity index (χ0n) is 15.0. The van der Waals surface area contributed by atoms with Gasteiger partial charge in [-0.15, -0.1) is 0 Å². The van der Waals surface area contributed by atoms with E-state index >= 15 is 0 Å². The van der Waals surface area contributed by atoms with Crippen LogP contribution in [-0.4, -0.2) is 18.7 Å². The van der Waals surface area contributed by atoms with E-state index in [0.29, 0.717) is 37.2 Å². The molecule has 0 unspecified atom stereocenters. The molecule has 0 aliphatic carbocycles. The number of nitrogens with zero attached hydrogens (tertiary/aromatic N) is 4. The van der Waals surface area contributed by atoms with Crippen molar-refractivity contribution in [1.29, 1.82) is 0 Å². The third-order valence-corrected chi connectivity index (χ3v) is 4.52. The van der Waals surface area contributed by atoms with Crippen molar-refractivity contribution in [2.75, 3.05) is 0 Å². The van der Waals surface area contributed by atoms with Crippen molar-refractivity contribution in [1.82, 2.24) is 18.7 Å². The molecule has 0 aliphatic rings. The maximum atomic E-state index is 13.0. The molecule has 0 radical (unpaired) electrons. The Morgan fingerprint density at radius 3 is 2.52 bits per heavy atom. The van der Waals surface area contributed by atoms with Crippen LogP contribution in [0.2, 0.25) is 0 Å². The second-order valence-electron chi connectivity index (χ2n) is 6.44. The molecule has 138 valence electrons. The molecule has 7 nitrogen and oxygen atoms in total. The molecule has 0 N–H and O–H groups in total. The summed E-state index contributed by atoms with van der Waals surface area (Å²) in [5, 5.41) is 0.